The van der Waals surface area contributed by atoms with E-state index in [0.29, 0.717) is 21.7 Å². The van der Waals surface area contributed by atoms with Gasteiger partial charge >= 0.3 is 277 Å². The van der Waals surface area contributed by atoms with Gasteiger partial charge in [0.1, 0.15) is 0 Å². The van der Waals surface area contributed by atoms with Crippen molar-refractivity contribution in [1.29, 1.82) is 0 Å². The molecule has 0 fully saturated rings. The quantitative estimate of drug-likeness (QED) is 0.170. The fourth-order valence-corrected chi connectivity index (χ4v) is 30.0. The summed E-state index contributed by atoms with van der Waals surface area (Å²) in [7, 11) is -9.35. The van der Waals surface area contributed by atoms with Gasteiger partial charge in [0.05, 0.1) is 0 Å². The van der Waals surface area contributed by atoms with E-state index in [1.807, 2.05) is 83.1 Å². The van der Waals surface area contributed by atoms with Crippen LogP contribution >= 0.6 is 0 Å². The van der Waals surface area contributed by atoms with Gasteiger partial charge in [0.25, 0.3) is 0 Å². The summed E-state index contributed by atoms with van der Waals surface area (Å²) in [5.41, 5.74) is 5.23. The summed E-state index contributed by atoms with van der Waals surface area (Å²) in [5, 5.41) is 0. The molecule has 0 aliphatic carbocycles. The van der Waals surface area contributed by atoms with Crippen LogP contribution < -0.4 is 10.5 Å². The zero-order valence-corrected chi connectivity index (χ0v) is 31.3. The van der Waals surface area contributed by atoms with Gasteiger partial charge in [-0.2, -0.15) is 0 Å². The molecule has 0 amide bonds. The van der Waals surface area contributed by atoms with E-state index in [9.17, 15) is 16.8 Å². The van der Waals surface area contributed by atoms with Crippen LogP contribution in [-0.2, 0) is 25.2 Å². The average Bonchev–Trinajstić information content (AvgIpc) is 3.00. The Hall–Kier alpha value is -3.26. The van der Waals surface area contributed by atoms with E-state index in [-0.39, 0.29) is 9.79 Å². The van der Waals surface area contributed by atoms with Crippen LogP contribution in [0.4, 0.5) is 0 Å². The first-order valence-electron chi connectivity index (χ1n) is 14.9. The Morgan fingerprint density at radius 1 is 0.413 bits per heavy atom. The minimum absolute atomic E-state index is 0.0511. The van der Waals surface area contributed by atoms with Crippen molar-refractivity contribution in [3.05, 3.63) is 148 Å². The molecule has 0 bridgehead atoms. The summed E-state index contributed by atoms with van der Waals surface area (Å²) < 4.78 is 74.1. The fourth-order valence-electron chi connectivity index (χ4n) is 5.61. The third kappa shape index (κ3) is 5.86. The molecule has 0 atom stereocenters. The van der Waals surface area contributed by atoms with Gasteiger partial charge in [-0.3, -0.25) is 0 Å². The van der Waals surface area contributed by atoms with Crippen LogP contribution in [0.2, 0.25) is 0 Å². The summed E-state index contributed by atoms with van der Waals surface area (Å²) in [6.07, 6.45) is 0. The fraction of sp³-hybridized carbons (Fsp3) is 0.189. The Morgan fingerprint density at radius 3 is 0.978 bits per heavy atom. The monoisotopic (exact) mass is 764 g/mol. The SMILES string of the molecule is Cc1cc[c]([Sb]([O]S(=O)(=O)c2cccc(C)c2C)([O]S(=O)(=O)c2cccc(C)c2C)([c]2ccc(C)cc2)[c]2ccc(C)cc2)cc1. The second-order valence-corrected chi connectivity index (χ2v) is 27.4. The first kappa shape index (κ1) is 34.1. The standard InChI is InChI=1S/2C8H10O3S.3C7H7.Sb/c2*1-6-4-3-5-8(7(6)2)12(9,10)11;3*1-7-5-3-2-4-6-7;/h2*3-5H,1-2H3,(H,9,10,11);3*3-6H,1H3;/q;;;;;+2/p-2. The topological polar surface area (TPSA) is 86.7 Å². The molecule has 0 saturated heterocycles. The van der Waals surface area contributed by atoms with E-state index >= 15 is 0 Å². The Balaban J connectivity index is 2.03. The summed E-state index contributed by atoms with van der Waals surface area (Å²) in [6, 6.07) is 31.3. The van der Waals surface area contributed by atoms with Crippen LogP contribution in [-0.4, -0.2) is 35.1 Å². The molecule has 0 saturated carbocycles. The number of hydrogen-bond donors (Lipinski definition) is 0. The van der Waals surface area contributed by atoms with Crippen LogP contribution in [0.3, 0.4) is 0 Å². The molecular formula is C37H39O6S2Sb. The molecular weight excluding hydrogens is 726 g/mol. The Labute approximate surface area is 275 Å². The molecule has 9 heteroatoms. The molecule has 6 nitrogen and oxygen atoms in total. The molecule has 5 aromatic carbocycles. The van der Waals surface area contributed by atoms with Gasteiger partial charge in [-0.1, -0.05) is 0 Å². The van der Waals surface area contributed by atoms with Crippen LogP contribution in [0.5, 0.6) is 0 Å². The molecule has 0 aliphatic rings. The molecule has 0 radical (unpaired) electrons. The molecule has 46 heavy (non-hydrogen) atoms. The van der Waals surface area contributed by atoms with Gasteiger partial charge in [0, 0.05) is 0 Å². The molecule has 0 aromatic heterocycles. The number of rotatable bonds is 9. The predicted octanol–water partition coefficient (Wildman–Crippen LogP) is 6.07. The minimum atomic E-state index is -6.76. The van der Waals surface area contributed by atoms with Crippen molar-refractivity contribution in [1.82, 2.24) is 0 Å². The van der Waals surface area contributed by atoms with E-state index in [0.717, 1.165) is 27.8 Å². The molecule has 0 heterocycles. The number of hydrogen-bond acceptors (Lipinski definition) is 6. The maximum absolute atomic E-state index is 14.8. The third-order valence-corrected chi connectivity index (χ3v) is 30.4. The van der Waals surface area contributed by atoms with E-state index in [1.54, 1.807) is 62.4 Å². The second-order valence-electron chi connectivity index (χ2n) is 11.9. The molecule has 5 aromatic rings. The van der Waals surface area contributed by atoms with Gasteiger partial charge in [0.15, 0.2) is 0 Å². The first-order chi connectivity index (χ1) is 21.6. The molecule has 0 aliphatic heterocycles. The summed E-state index contributed by atoms with van der Waals surface area (Å²) in [4.78, 5) is -0.102. The van der Waals surface area contributed by atoms with Crippen molar-refractivity contribution in [2.75, 3.05) is 0 Å². The normalized spacial score (nSPS) is 13.2. The van der Waals surface area contributed by atoms with E-state index < -0.39 is 38.5 Å². The summed E-state index contributed by atoms with van der Waals surface area (Å²) in [6.45, 7) is 12.8. The van der Waals surface area contributed by atoms with Crippen molar-refractivity contribution >= 4 is 49.0 Å². The van der Waals surface area contributed by atoms with Crippen molar-refractivity contribution in [2.45, 2.75) is 58.3 Å². The number of benzene rings is 5. The van der Waals surface area contributed by atoms with E-state index in [4.69, 9.17) is 4.92 Å². The molecule has 0 spiro atoms. The van der Waals surface area contributed by atoms with Crippen LogP contribution in [0.1, 0.15) is 38.9 Å². The second kappa shape index (κ2) is 12.4. The van der Waals surface area contributed by atoms with Gasteiger partial charge < -0.3 is 0 Å². The van der Waals surface area contributed by atoms with Crippen molar-refractivity contribution < 1.29 is 21.8 Å². The maximum atomic E-state index is 14.8. The first-order valence-corrected chi connectivity index (χ1v) is 23.6. The summed E-state index contributed by atoms with van der Waals surface area (Å²) >= 11 is -6.76. The Kier molecular flexibility index (Phi) is 9.19. The van der Waals surface area contributed by atoms with Crippen LogP contribution in [0.15, 0.2) is 119 Å². The molecule has 5 rings (SSSR count). The molecule has 240 valence electrons. The zero-order chi connectivity index (χ0) is 33.5. The number of aryl methyl sites for hydroxylation is 5. The molecule has 0 unspecified atom stereocenters. The van der Waals surface area contributed by atoms with Crippen molar-refractivity contribution in [3.8, 4) is 0 Å². The molecule has 0 N–H and O–H groups in total. The van der Waals surface area contributed by atoms with Crippen molar-refractivity contribution in [2.24, 2.45) is 0 Å². The predicted molar refractivity (Wildman–Crippen MR) is 187 cm³/mol. The van der Waals surface area contributed by atoms with Gasteiger partial charge in [-0.25, -0.2) is 0 Å². The Morgan fingerprint density at radius 2 is 0.696 bits per heavy atom. The van der Waals surface area contributed by atoms with Crippen molar-refractivity contribution in [3.63, 3.8) is 0 Å². The average molecular weight is 766 g/mol. The van der Waals surface area contributed by atoms with Gasteiger partial charge in [-0.05, 0) is 0 Å². The van der Waals surface area contributed by atoms with E-state index in [1.165, 1.54) is 12.1 Å². The van der Waals surface area contributed by atoms with E-state index in [2.05, 4.69) is 0 Å². The van der Waals surface area contributed by atoms with Crippen LogP contribution in [0, 0.1) is 48.5 Å². The Bertz CT molecular complexity index is 1940. The third-order valence-electron chi connectivity index (χ3n) is 8.64. The van der Waals surface area contributed by atoms with Gasteiger partial charge in [0.2, 0.25) is 0 Å². The summed E-state index contributed by atoms with van der Waals surface area (Å²) in [5.74, 6) is 0. The van der Waals surface area contributed by atoms with Gasteiger partial charge in [-0.15, -0.1) is 0 Å². The zero-order valence-electron chi connectivity index (χ0n) is 27.1. The van der Waals surface area contributed by atoms with Crippen LogP contribution in [0.25, 0.3) is 0 Å².